The maximum Gasteiger partial charge on any atom is 0.306 e. The number of carbonyl (C=O) groups is 2. The summed E-state index contributed by atoms with van der Waals surface area (Å²) in [6.45, 7) is 16.3. The van der Waals surface area contributed by atoms with Crippen molar-refractivity contribution in [2.24, 2.45) is 39.9 Å². The van der Waals surface area contributed by atoms with E-state index in [1.807, 2.05) is 0 Å². The van der Waals surface area contributed by atoms with Crippen LogP contribution in [0.15, 0.2) is 12.2 Å². The van der Waals surface area contributed by atoms with Crippen LogP contribution in [0.25, 0.3) is 0 Å². The quantitative estimate of drug-likeness (QED) is 0.360. The first-order valence-corrected chi connectivity index (χ1v) is 12.9. The minimum atomic E-state index is -0.286. The van der Waals surface area contributed by atoms with Crippen molar-refractivity contribution in [3.8, 4) is 0 Å². The highest BCUT2D eigenvalue weighted by atomic mass is 16.6. The van der Waals surface area contributed by atoms with Gasteiger partial charge in [-0.05, 0) is 99.2 Å². The fourth-order valence-electron chi connectivity index (χ4n) is 9.45. The molecule has 1 heterocycles. The van der Waals surface area contributed by atoms with Gasteiger partial charge in [0.15, 0.2) is 0 Å². The summed E-state index contributed by atoms with van der Waals surface area (Å²) >= 11 is 0. The number of hydrogen-bond donors (Lipinski definition) is 0. The smallest absolute Gasteiger partial charge is 0.306 e. The number of fused-ring (bicyclic) bond motifs is 3. The van der Waals surface area contributed by atoms with E-state index in [4.69, 9.17) is 9.47 Å². The molecule has 3 saturated carbocycles. The minimum Gasteiger partial charge on any atom is -0.469 e. The molecular formula is C28H44O4. The largest absolute Gasteiger partial charge is 0.469 e. The summed E-state index contributed by atoms with van der Waals surface area (Å²) in [6, 6.07) is 0. The highest BCUT2D eigenvalue weighted by Gasteiger charge is 2.68. The number of allylic oxidation sites excluding steroid dienone is 1. The van der Waals surface area contributed by atoms with Crippen molar-refractivity contribution in [1.29, 1.82) is 0 Å². The fraction of sp³-hybridized carbons (Fsp3) is 0.857. The molecule has 180 valence electrons. The molecule has 0 aromatic carbocycles. The molecule has 0 unspecified atom stereocenters. The highest BCUT2D eigenvalue weighted by molar-refractivity contribution is 5.72. The molecule has 0 radical (unpaired) electrons. The summed E-state index contributed by atoms with van der Waals surface area (Å²) in [7, 11) is 1.49. The molecule has 0 spiro atoms. The van der Waals surface area contributed by atoms with Crippen molar-refractivity contribution in [1.82, 2.24) is 0 Å². The third-order valence-electron chi connectivity index (χ3n) is 11.3. The Balaban J connectivity index is 1.67. The van der Waals surface area contributed by atoms with Gasteiger partial charge in [-0.3, -0.25) is 9.59 Å². The van der Waals surface area contributed by atoms with E-state index < -0.39 is 0 Å². The summed E-state index contributed by atoms with van der Waals surface area (Å²) in [6.07, 6.45) is 9.95. The first-order chi connectivity index (χ1) is 14.9. The van der Waals surface area contributed by atoms with Gasteiger partial charge < -0.3 is 9.47 Å². The lowest BCUT2D eigenvalue weighted by Gasteiger charge is -2.66. The van der Waals surface area contributed by atoms with E-state index in [1.54, 1.807) is 0 Å². The zero-order chi connectivity index (χ0) is 23.5. The Labute approximate surface area is 194 Å². The maximum atomic E-state index is 12.1. The van der Waals surface area contributed by atoms with Crippen molar-refractivity contribution in [2.75, 3.05) is 7.11 Å². The van der Waals surface area contributed by atoms with Gasteiger partial charge in [-0.15, -0.1) is 0 Å². The van der Waals surface area contributed by atoms with E-state index in [0.717, 1.165) is 25.7 Å². The summed E-state index contributed by atoms with van der Waals surface area (Å²) in [4.78, 5) is 24.1. The van der Waals surface area contributed by atoms with Gasteiger partial charge in [-0.2, -0.15) is 0 Å². The average Bonchev–Trinajstić information content (AvgIpc) is 3.27. The van der Waals surface area contributed by atoms with Crippen LogP contribution in [-0.4, -0.2) is 24.6 Å². The van der Waals surface area contributed by atoms with Crippen molar-refractivity contribution >= 4 is 11.9 Å². The van der Waals surface area contributed by atoms with E-state index >= 15 is 0 Å². The zero-order valence-corrected chi connectivity index (χ0v) is 21.2. The third-order valence-corrected chi connectivity index (χ3v) is 11.3. The standard InChI is InChI=1S/C28H44O4/c1-18(2)19-10-16-27(5)22(25(19,3)14-12-23(29)31-7)9-8-20-21(11-15-26(20,27)4)28(6)17-13-24(30)32-28/h19-22H,1,8-17H2,2-7H3/t19-,20+,21-,22-,25-,26+,27+,28-/m0/s1. The van der Waals surface area contributed by atoms with Gasteiger partial charge in [0.2, 0.25) is 0 Å². The van der Waals surface area contributed by atoms with Crippen LogP contribution in [0.5, 0.6) is 0 Å². The van der Waals surface area contributed by atoms with Gasteiger partial charge in [-0.25, -0.2) is 0 Å². The van der Waals surface area contributed by atoms with Gasteiger partial charge in [0.05, 0.1) is 7.11 Å². The van der Waals surface area contributed by atoms with Crippen LogP contribution in [0.1, 0.15) is 98.8 Å². The molecule has 1 saturated heterocycles. The van der Waals surface area contributed by atoms with Crippen LogP contribution in [-0.2, 0) is 19.1 Å². The Morgan fingerprint density at radius 2 is 1.72 bits per heavy atom. The lowest BCUT2D eigenvalue weighted by molar-refractivity contribution is -0.182. The van der Waals surface area contributed by atoms with Gasteiger partial charge in [0, 0.05) is 18.8 Å². The molecule has 0 aromatic rings. The van der Waals surface area contributed by atoms with E-state index in [1.165, 1.54) is 38.4 Å². The van der Waals surface area contributed by atoms with E-state index in [9.17, 15) is 9.59 Å². The molecule has 0 N–H and O–H groups in total. The second-order valence-electron chi connectivity index (χ2n) is 12.5. The molecule has 0 aromatic heterocycles. The Bertz CT molecular complexity index is 803. The molecule has 0 amide bonds. The van der Waals surface area contributed by atoms with E-state index in [0.29, 0.717) is 36.5 Å². The summed E-state index contributed by atoms with van der Waals surface area (Å²) < 4.78 is 11.0. The molecule has 4 nitrogen and oxygen atoms in total. The molecule has 4 aliphatic rings. The number of hydrogen-bond acceptors (Lipinski definition) is 4. The second-order valence-corrected chi connectivity index (χ2v) is 12.5. The number of carbonyl (C=O) groups excluding carboxylic acids is 2. The minimum absolute atomic E-state index is 0.0154. The Kier molecular flexibility index (Phi) is 5.86. The lowest BCUT2D eigenvalue weighted by atomic mass is 9.38. The number of rotatable bonds is 5. The number of cyclic esters (lactones) is 1. The molecule has 0 bridgehead atoms. The van der Waals surface area contributed by atoms with Crippen LogP contribution >= 0.6 is 0 Å². The predicted molar refractivity (Wildman–Crippen MR) is 126 cm³/mol. The van der Waals surface area contributed by atoms with Crippen LogP contribution in [0.2, 0.25) is 0 Å². The Hall–Kier alpha value is -1.32. The number of esters is 2. The van der Waals surface area contributed by atoms with E-state index in [2.05, 4.69) is 41.2 Å². The van der Waals surface area contributed by atoms with Crippen molar-refractivity contribution in [3.63, 3.8) is 0 Å². The first kappa shape index (κ1) is 23.8. The number of ether oxygens (including phenoxy) is 2. The highest BCUT2D eigenvalue weighted by Crippen LogP contribution is 2.74. The topological polar surface area (TPSA) is 52.6 Å². The van der Waals surface area contributed by atoms with Crippen LogP contribution in [0, 0.1) is 39.9 Å². The van der Waals surface area contributed by atoms with Crippen LogP contribution in [0.4, 0.5) is 0 Å². The molecule has 4 rings (SSSR count). The molecule has 1 aliphatic heterocycles. The average molecular weight is 445 g/mol. The van der Waals surface area contributed by atoms with Crippen LogP contribution < -0.4 is 0 Å². The summed E-state index contributed by atoms with van der Waals surface area (Å²) in [5.41, 5.74) is 1.50. The lowest BCUT2D eigenvalue weighted by Crippen LogP contribution is -2.60. The van der Waals surface area contributed by atoms with Crippen molar-refractivity contribution in [2.45, 2.75) is 104 Å². The normalized spacial score (nSPS) is 48.0. The molecule has 3 aliphatic carbocycles. The zero-order valence-electron chi connectivity index (χ0n) is 21.2. The van der Waals surface area contributed by atoms with Gasteiger partial charge in [-0.1, -0.05) is 32.9 Å². The monoisotopic (exact) mass is 444 g/mol. The molecule has 32 heavy (non-hydrogen) atoms. The first-order valence-electron chi connectivity index (χ1n) is 12.9. The molecule has 4 heteroatoms. The van der Waals surface area contributed by atoms with Gasteiger partial charge in [0.25, 0.3) is 0 Å². The predicted octanol–water partition coefficient (Wildman–Crippen LogP) is 6.48. The van der Waals surface area contributed by atoms with Crippen molar-refractivity contribution in [3.05, 3.63) is 12.2 Å². The van der Waals surface area contributed by atoms with Crippen molar-refractivity contribution < 1.29 is 19.1 Å². The van der Waals surface area contributed by atoms with Crippen LogP contribution in [0.3, 0.4) is 0 Å². The number of methoxy groups -OCH3 is 1. The maximum absolute atomic E-state index is 12.1. The fourth-order valence-corrected chi connectivity index (χ4v) is 9.45. The molecular weight excluding hydrogens is 400 g/mol. The summed E-state index contributed by atoms with van der Waals surface area (Å²) in [5, 5.41) is 0. The summed E-state index contributed by atoms with van der Waals surface area (Å²) in [5.74, 6) is 1.97. The molecule has 4 fully saturated rings. The Morgan fingerprint density at radius 3 is 2.31 bits per heavy atom. The molecule has 8 atom stereocenters. The van der Waals surface area contributed by atoms with Gasteiger partial charge in [0.1, 0.15) is 5.60 Å². The van der Waals surface area contributed by atoms with E-state index in [-0.39, 0.29) is 33.8 Å². The third kappa shape index (κ3) is 3.29. The second kappa shape index (κ2) is 7.87. The SMILES string of the molecule is C=C(C)[C@@H]1CC[C@]2(C)[C@@H](CC[C@@H]3[C@@H]([C@]4(C)CCC(=O)O4)CC[C@]32C)[C@@]1(C)CCC(=O)OC. The Morgan fingerprint density at radius 1 is 1.03 bits per heavy atom. The van der Waals surface area contributed by atoms with Gasteiger partial charge >= 0.3 is 11.9 Å².